The van der Waals surface area contributed by atoms with E-state index >= 15 is 0 Å². The molecule has 5 heteroatoms. The van der Waals surface area contributed by atoms with Crippen molar-refractivity contribution in [2.24, 2.45) is 11.8 Å². The van der Waals surface area contributed by atoms with E-state index in [0.717, 1.165) is 51.6 Å². The van der Waals surface area contributed by atoms with Crippen LogP contribution in [0.3, 0.4) is 0 Å². The molecule has 1 aromatic carbocycles. The molecule has 1 aliphatic heterocycles. The molecule has 1 saturated heterocycles. The average molecular weight is 391 g/mol. The summed E-state index contributed by atoms with van der Waals surface area (Å²) < 4.78 is 12.1. The van der Waals surface area contributed by atoms with Crippen molar-refractivity contribution < 1.29 is 24.5 Å². The van der Waals surface area contributed by atoms with Gasteiger partial charge in [0.05, 0.1) is 18.6 Å². The lowest BCUT2D eigenvalue weighted by Crippen LogP contribution is -2.30. The van der Waals surface area contributed by atoms with Crippen molar-refractivity contribution in [2.45, 2.75) is 83.2 Å². The first-order valence-electron chi connectivity index (χ1n) is 10.7. The summed E-state index contributed by atoms with van der Waals surface area (Å²) in [5.41, 5.74) is 2.50. The van der Waals surface area contributed by atoms with Gasteiger partial charge >= 0.3 is 5.97 Å². The number of hydrogen-bond donors (Lipinski definition) is 2. The minimum atomic E-state index is -0.820. The fraction of sp³-hybridized carbons (Fsp3) is 0.696. The van der Waals surface area contributed by atoms with Crippen molar-refractivity contribution in [1.29, 1.82) is 0 Å². The minimum Gasteiger partial charge on any atom is -0.481 e. The van der Waals surface area contributed by atoms with Crippen LogP contribution in [0.4, 0.5) is 0 Å². The second kappa shape index (κ2) is 10.4. The highest BCUT2D eigenvalue weighted by Gasteiger charge is 2.36. The molecule has 28 heavy (non-hydrogen) atoms. The molecule has 1 saturated carbocycles. The highest BCUT2D eigenvalue weighted by atomic mass is 16.7. The molecule has 0 spiro atoms. The van der Waals surface area contributed by atoms with Gasteiger partial charge in [0.2, 0.25) is 0 Å². The molecule has 1 aliphatic carbocycles. The van der Waals surface area contributed by atoms with Crippen LogP contribution >= 0.6 is 0 Å². The maximum Gasteiger partial charge on any atom is 0.303 e. The summed E-state index contributed by atoms with van der Waals surface area (Å²) in [6, 6.07) is 8.51. The normalized spacial score (nSPS) is 28.9. The lowest BCUT2D eigenvalue weighted by molar-refractivity contribution is -0.189. The van der Waals surface area contributed by atoms with Crippen molar-refractivity contribution in [1.82, 2.24) is 0 Å². The molecule has 0 aromatic heterocycles. The Bertz CT molecular complexity index is 625. The molecule has 1 heterocycles. The molecule has 2 fully saturated rings. The Balaban J connectivity index is 1.61. The number of aryl methyl sites for hydroxylation is 1. The minimum absolute atomic E-state index is 0.0492. The van der Waals surface area contributed by atoms with Gasteiger partial charge in [-0.15, -0.1) is 0 Å². The van der Waals surface area contributed by atoms with E-state index in [0.29, 0.717) is 6.42 Å². The number of ether oxygens (including phenoxy) is 2. The van der Waals surface area contributed by atoms with E-state index in [1.807, 2.05) is 0 Å². The lowest BCUT2D eigenvalue weighted by atomic mass is 9.86. The van der Waals surface area contributed by atoms with Crippen molar-refractivity contribution in [3.8, 4) is 0 Å². The number of benzene rings is 1. The van der Waals surface area contributed by atoms with Gasteiger partial charge < -0.3 is 19.7 Å². The fourth-order valence-electron chi connectivity index (χ4n) is 4.74. The molecule has 2 aliphatic rings. The highest BCUT2D eigenvalue weighted by molar-refractivity contribution is 5.67. The Hall–Kier alpha value is -1.43. The van der Waals surface area contributed by atoms with Gasteiger partial charge in [0.1, 0.15) is 0 Å². The van der Waals surface area contributed by atoms with Crippen LogP contribution in [0.2, 0.25) is 0 Å². The zero-order chi connectivity index (χ0) is 19.9. The van der Waals surface area contributed by atoms with Crippen molar-refractivity contribution in [3.63, 3.8) is 0 Å². The highest BCUT2D eigenvalue weighted by Crippen LogP contribution is 2.38. The van der Waals surface area contributed by atoms with Crippen LogP contribution in [-0.4, -0.2) is 41.3 Å². The Labute approximate surface area is 168 Å². The van der Waals surface area contributed by atoms with E-state index in [1.165, 1.54) is 11.1 Å². The number of carboxylic acids is 1. The summed E-state index contributed by atoms with van der Waals surface area (Å²) in [5.74, 6) is -0.704. The molecule has 5 atom stereocenters. The quantitative estimate of drug-likeness (QED) is 0.664. The SMILES string of the molecule is Cc1cccc(CC(CCC2CCC(O)C2CC(=O)O)OC2CCCCO2)c1. The van der Waals surface area contributed by atoms with Gasteiger partial charge in [0.25, 0.3) is 0 Å². The number of carboxylic acid groups (broad SMARTS) is 1. The van der Waals surface area contributed by atoms with Crippen LogP contribution in [-0.2, 0) is 20.7 Å². The number of carbonyl (C=O) groups is 1. The van der Waals surface area contributed by atoms with E-state index < -0.39 is 12.1 Å². The third-order valence-corrected chi connectivity index (χ3v) is 6.23. The topological polar surface area (TPSA) is 76.0 Å². The Morgan fingerprint density at radius 1 is 1.29 bits per heavy atom. The van der Waals surface area contributed by atoms with Crippen molar-refractivity contribution >= 4 is 5.97 Å². The first-order chi connectivity index (χ1) is 13.5. The molecule has 5 nitrogen and oxygen atoms in total. The maximum absolute atomic E-state index is 11.2. The Morgan fingerprint density at radius 2 is 2.14 bits per heavy atom. The molecule has 2 N–H and O–H groups in total. The number of hydrogen-bond acceptors (Lipinski definition) is 4. The summed E-state index contributed by atoms with van der Waals surface area (Å²) in [6.07, 6.45) is 6.85. The van der Waals surface area contributed by atoms with Crippen LogP contribution in [0, 0.1) is 18.8 Å². The first-order valence-corrected chi connectivity index (χ1v) is 10.7. The maximum atomic E-state index is 11.2. The number of aliphatic carboxylic acids is 1. The number of rotatable bonds is 9. The monoisotopic (exact) mass is 390 g/mol. The van der Waals surface area contributed by atoms with Crippen LogP contribution in [0.15, 0.2) is 24.3 Å². The average Bonchev–Trinajstić information content (AvgIpc) is 3.00. The summed E-state index contributed by atoms with van der Waals surface area (Å²) in [4.78, 5) is 11.2. The largest absolute Gasteiger partial charge is 0.481 e. The molecule has 5 unspecified atom stereocenters. The lowest BCUT2D eigenvalue weighted by Gasteiger charge is -2.29. The third-order valence-electron chi connectivity index (χ3n) is 6.23. The number of aliphatic hydroxyl groups is 1. The summed E-state index contributed by atoms with van der Waals surface area (Å²) in [7, 11) is 0. The second-order valence-electron chi connectivity index (χ2n) is 8.49. The van der Waals surface area contributed by atoms with E-state index in [2.05, 4.69) is 31.2 Å². The van der Waals surface area contributed by atoms with Gasteiger partial charge in [0.15, 0.2) is 6.29 Å². The van der Waals surface area contributed by atoms with Crippen LogP contribution < -0.4 is 0 Å². The van der Waals surface area contributed by atoms with Gasteiger partial charge in [-0.25, -0.2) is 0 Å². The Kier molecular flexibility index (Phi) is 7.89. The Morgan fingerprint density at radius 3 is 2.86 bits per heavy atom. The van der Waals surface area contributed by atoms with Gasteiger partial charge in [-0.05, 0) is 75.7 Å². The first kappa shape index (κ1) is 21.3. The van der Waals surface area contributed by atoms with E-state index in [9.17, 15) is 15.0 Å². The predicted octanol–water partition coefficient (Wildman–Crippen LogP) is 4.09. The molecule has 3 rings (SSSR count). The van der Waals surface area contributed by atoms with Crippen LogP contribution in [0.5, 0.6) is 0 Å². The van der Waals surface area contributed by atoms with E-state index in [-0.39, 0.29) is 30.7 Å². The molecule has 0 radical (unpaired) electrons. The van der Waals surface area contributed by atoms with Crippen molar-refractivity contribution in [2.75, 3.05) is 6.61 Å². The fourth-order valence-corrected chi connectivity index (χ4v) is 4.74. The van der Waals surface area contributed by atoms with Gasteiger partial charge in [-0.3, -0.25) is 4.79 Å². The van der Waals surface area contributed by atoms with Gasteiger partial charge in [-0.2, -0.15) is 0 Å². The summed E-state index contributed by atoms with van der Waals surface area (Å²) in [6.45, 7) is 2.86. The predicted molar refractivity (Wildman–Crippen MR) is 107 cm³/mol. The van der Waals surface area contributed by atoms with Crippen molar-refractivity contribution in [3.05, 3.63) is 35.4 Å². The molecule has 156 valence electrons. The number of aliphatic hydroxyl groups excluding tert-OH is 1. The molecular weight excluding hydrogens is 356 g/mol. The van der Waals surface area contributed by atoms with E-state index in [4.69, 9.17) is 9.47 Å². The zero-order valence-electron chi connectivity index (χ0n) is 16.9. The molecule has 1 aromatic rings. The smallest absolute Gasteiger partial charge is 0.303 e. The standard InChI is InChI=1S/C23H34O5/c1-16-5-4-6-17(13-16)14-19(28-23-7-2-3-12-27-23)10-8-18-9-11-21(24)20(18)15-22(25)26/h4-6,13,18-21,23-24H,2-3,7-12,14-15H2,1H3,(H,25,26). The zero-order valence-corrected chi connectivity index (χ0v) is 16.9. The molecular formula is C23H34O5. The summed E-state index contributed by atoms with van der Waals surface area (Å²) in [5, 5.41) is 19.4. The van der Waals surface area contributed by atoms with Gasteiger partial charge in [-0.1, -0.05) is 29.8 Å². The molecule has 0 bridgehead atoms. The summed E-state index contributed by atoms with van der Waals surface area (Å²) >= 11 is 0. The van der Waals surface area contributed by atoms with Gasteiger partial charge in [0, 0.05) is 6.61 Å². The van der Waals surface area contributed by atoms with Crippen LogP contribution in [0.1, 0.15) is 62.5 Å². The molecule has 0 amide bonds. The third kappa shape index (κ3) is 6.29. The van der Waals surface area contributed by atoms with E-state index in [1.54, 1.807) is 0 Å². The van der Waals surface area contributed by atoms with Crippen LogP contribution in [0.25, 0.3) is 0 Å². The second-order valence-corrected chi connectivity index (χ2v) is 8.49.